The van der Waals surface area contributed by atoms with Crippen molar-refractivity contribution in [1.29, 1.82) is 5.26 Å². The molecule has 3 heterocycles. The summed E-state index contributed by atoms with van der Waals surface area (Å²) in [5, 5.41) is 12.7. The molecule has 4 rings (SSSR count). The smallest absolute Gasteiger partial charge is 0.433 e. The molecule has 2 aliphatic heterocycles. The molecule has 37 heavy (non-hydrogen) atoms. The number of amides is 1. The SMILES string of the molecule is COc1ccc(/C=C2/NC(=S)N(CC3CCCO3)C2=O)cc1CSc1nc(C(F)(F)F)cc(C)c1C#N. The van der Waals surface area contributed by atoms with E-state index in [-0.39, 0.29) is 33.9 Å². The van der Waals surface area contributed by atoms with Crippen molar-refractivity contribution in [3.8, 4) is 11.8 Å². The Hall–Kier alpha value is -3.14. The summed E-state index contributed by atoms with van der Waals surface area (Å²) in [6.07, 6.45) is -1.19. The lowest BCUT2D eigenvalue weighted by molar-refractivity contribution is -0.141. The van der Waals surface area contributed by atoms with Crippen LogP contribution in [0.3, 0.4) is 0 Å². The molecule has 1 amide bonds. The standard InChI is InChI=1S/C25H23F3N4O3S2/c1-14-8-21(25(26,27)28)31-22(18(14)11-29)37-13-16-9-15(5-6-20(16)34-2)10-19-23(33)32(24(36)30-19)12-17-4-3-7-35-17/h5-6,8-10,17H,3-4,7,12-13H2,1-2H3,(H,30,36)/b19-10+. The Morgan fingerprint density at radius 3 is 2.84 bits per heavy atom. The number of rotatable bonds is 7. The Bertz CT molecular complexity index is 1300. The highest BCUT2D eigenvalue weighted by Crippen LogP contribution is 2.35. The highest BCUT2D eigenvalue weighted by atomic mass is 32.2. The molecule has 0 saturated carbocycles. The molecule has 7 nitrogen and oxygen atoms in total. The summed E-state index contributed by atoms with van der Waals surface area (Å²) < 4.78 is 50.9. The molecule has 1 N–H and O–H groups in total. The van der Waals surface area contributed by atoms with Gasteiger partial charge < -0.3 is 14.8 Å². The third-order valence-electron chi connectivity index (χ3n) is 5.94. The second kappa shape index (κ2) is 11.1. The summed E-state index contributed by atoms with van der Waals surface area (Å²) in [6.45, 7) is 2.51. The highest BCUT2D eigenvalue weighted by molar-refractivity contribution is 7.98. The molecule has 1 atom stereocenters. The highest BCUT2D eigenvalue weighted by Gasteiger charge is 2.35. The van der Waals surface area contributed by atoms with Crippen LogP contribution >= 0.6 is 24.0 Å². The maximum absolute atomic E-state index is 13.3. The lowest BCUT2D eigenvalue weighted by atomic mass is 10.1. The first-order valence-electron chi connectivity index (χ1n) is 11.4. The second-order valence-electron chi connectivity index (χ2n) is 8.51. The van der Waals surface area contributed by atoms with E-state index in [4.69, 9.17) is 21.7 Å². The lowest BCUT2D eigenvalue weighted by Gasteiger charge is -2.18. The van der Waals surface area contributed by atoms with Crippen LogP contribution in [0.5, 0.6) is 5.75 Å². The predicted octanol–water partition coefficient (Wildman–Crippen LogP) is 4.82. The van der Waals surface area contributed by atoms with Gasteiger partial charge in [-0.15, -0.1) is 11.8 Å². The molecule has 12 heteroatoms. The molecule has 2 saturated heterocycles. The van der Waals surface area contributed by atoms with Gasteiger partial charge in [-0.2, -0.15) is 18.4 Å². The van der Waals surface area contributed by atoms with E-state index in [1.165, 1.54) is 18.9 Å². The fraction of sp³-hybridized carbons (Fsp3) is 0.360. The average molecular weight is 549 g/mol. The molecule has 1 unspecified atom stereocenters. The van der Waals surface area contributed by atoms with E-state index >= 15 is 0 Å². The van der Waals surface area contributed by atoms with Gasteiger partial charge in [0.05, 0.1) is 25.3 Å². The van der Waals surface area contributed by atoms with Crippen molar-refractivity contribution in [2.45, 2.75) is 42.8 Å². The minimum absolute atomic E-state index is 0.0107. The number of hydrogen-bond acceptors (Lipinski definition) is 7. The number of thioether (sulfide) groups is 1. The monoisotopic (exact) mass is 548 g/mol. The van der Waals surface area contributed by atoms with Crippen molar-refractivity contribution in [3.05, 3.63) is 57.9 Å². The molecule has 0 spiro atoms. The molecular weight excluding hydrogens is 525 g/mol. The number of carbonyl (C=O) groups is 1. The molecule has 0 aliphatic carbocycles. The summed E-state index contributed by atoms with van der Waals surface area (Å²) in [5.74, 6) is 0.445. The van der Waals surface area contributed by atoms with E-state index in [0.29, 0.717) is 40.8 Å². The number of alkyl halides is 3. The Kier molecular flexibility index (Phi) is 8.06. The number of ether oxygens (including phenoxy) is 2. The molecule has 2 fully saturated rings. The van der Waals surface area contributed by atoms with Crippen molar-refractivity contribution in [3.63, 3.8) is 0 Å². The van der Waals surface area contributed by atoms with Gasteiger partial charge in [-0.3, -0.25) is 9.69 Å². The van der Waals surface area contributed by atoms with Crippen molar-refractivity contribution < 1.29 is 27.4 Å². The van der Waals surface area contributed by atoms with Crippen molar-refractivity contribution in [2.75, 3.05) is 20.3 Å². The van der Waals surface area contributed by atoms with Gasteiger partial charge in [0.2, 0.25) is 0 Å². The number of benzene rings is 1. The van der Waals surface area contributed by atoms with Gasteiger partial charge in [0, 0.05) is 17.9 Å². The number of methoxy groups -OCH3 is 1. The summed E-state index contributed by atoms with van der Waals surface area (Å²) in [5.41, 5.74) is 0.887. The van der Waals surface area contributed by atoms with E-state index in [1.54, 1.807) is 24.3 Å². The first-order chi connectivity index (χ1) is 17.6. The number of nitrogens with zero attached hydrogens (tertiary/aromatic N) is 3. The number of aromatic nitrogens is 1. The average Bonchev–Trinajstić information content (AvgIpc) is 3.46. The minimum Gasteiger partial charge on any atom is -0.496 e. The van der Waals surface area contributed by atoms with Gasteiger partial charge in [0.15, 0.2) is 5.11 Å². The number of nitrogens with one attached hydrogen (secondary N) is 1. The number of hydrogen-bond donors (Lipinski definition) is 1. The molecule has 0 bridgehead atoms. The van der Waals surface area contributed by atoms with Crippen LogP contribution in [0, 0.1) is 18.3 Å². The topological polar surface area (TPSA) is 87.5 Å². The van der Waals surface area contributed by atoms with Crippen LogP contribution in [0.1, 0.15) is 40.8 Å². The molecule has 2 aliphatic rings. The van der Waals surface area contributed by atoms with Crippen LogP contribution in [-0.4, -0.2) is 47.3 Å². The van der Waals surface area contributed by atoms with Crippen LogP contribution in [0.2, 0.25) is 0 Å². The van der Waals surface area contributed by atoms with E-state index in [9.17, 15) is 23.2 Å². The predicted molar refractivity (Wildman–Crippen MR) is 136 cm³/mol. The zero-order valence-corrected chi connectivity index (χ0v) is 21.6. The first kappa shape index (κ1) is 26.9. The van der Waals surface area contributed by atoms with Crippen LogP contribution < -0.4 is 10.1 Å². The number of nitriles is 1. The normalized spacial score (nSPS) is 18.9. The van der Waals surface area contributed by atoms with Gasteiger partial charge in [0.25, 0.3) is 5.91 Å². The van der Waals surface area contributed by atoms with E-state index in [0.717, 1.165) is 30.7 Å². The third-order valence-corrected chi connectivity index (χ3v) is 7.28. The largest absolute Gasteiger partial charge is 0.496 e. The number of carbonyl (C=O) groups excluding carboxylic acids is 1. The Labute approximate surface area is 221 Å². The molecular formula is C25H23F3N4O3S2. The van der Waals surface area contributed by atoms with Gasteiger partial charge in [-0.1, -0.05) is 6.07 Å². The fourth-order valence-electron chi connectivity index (χ4n) is 4.07. The summed E-state index contributed by atoms with van der Waals surface area (Å²) >= 11 is 6.35. The molecule has 0 radical (unpaired) electrons. The van der Waals surface area contributed by atoms with Crippen molar-refractivity contribution in [1.82, 2.24) is 15.2 Å². The van der Waals surface area contributed by atoms with Crippen LogP contribution in [0.25, 0.3) is 6.08 Å². The molecule has 1 aromatic heterocycles. The van der Waals surface area contributed by atoms with Crippen LogP contribution in [0.15, 0.2) is 35.0 Å². The van der Waals surface area contributed by atoms with Crippen molar-refractivity contribution >= 4 is 41.1 Å². The van der Waals surface area contributed by atoms with Crippen LogP contribution in [-0.2, 0) is 21.5 Å². The quantitative estimate of drug-likeness (QED) is 0.300. The zero-order chi connectivity index (χ0) is 26.7. The summed E-state index contributed by atoms with van der Waals surface area (Å²) in [7, 11) is 1.48. The molecule has 1 aromatic carbocycles. The number of thiocarbonyl (C=S) groups is 1. The molecule has 2 aromatic rings. The zero-order valence-electron chi connectivity index (χ0n) is 20.0. The Morgan fingerprint density at radius 2 is 2.19 bits per heavy atom. The number of aryl methyl sites for hydroxylation is 1. The number of halogens is 3. The van der Waals surface area contributed by atoms with Gasteiger partial charge in [0.1, 0.15) is 28.2 Å². The van der Waals surface area contributed by atoms with E-state index in [2.05, 4.69) is 10.3 Å². The van der Waals surface area contributed by atoms with Gasteiger partial charge in [-0.05, 0) is 67.4 Å². The van der Waals surface area contributed by atoms with Gasteiger partial charge in [-0.25, -0.2) is 4.98 Å². The summed E-state index contributed by atoms with van der Waals surface area (Å²) in [4.78, 5) is 18.1. The van der Waals surface area contributed by atoms with E-state index < -0.39 is 11.9 Å². The summed E-state index contributed by atoms with van der Waals surface area (Å²) in [6, 6.07) is 8.05. The fourth-order valence-corrected chi connectivity index (χ4v) is 5.37. The second-order valence-corrected chi connectivity index (χ2v) is 9.86. The molecule has 194 valence electrons. The van der Waals surface area contributed by atoms with Crippen LogP contribution in [0.4, 0.5) is 13.2 Å². The third kappa shape index (κ3) is 6.06. The Balaban J connectivity index is 1.56. The van der Waals surface area contributed by atoms with E-state index in [1.807, 2.05) is 6.07 Å². The van der Waals surface area contributed by atoms with Gasteiger partial charge >= 0.3 is 6.18 Å². The minimum atomic E-state index is -4.63. The maximum Gasteiger partial charge on any atom is 0.433 e. The first-order valence-corrected chi connectivity index (χ1v) is 12.7. The Morgan fingerprint density at radius 1 is 1.41 bits per heavy atom. The lowest BCUT2D eigenvalue weighted by Crippen LogP contribution is -2.37. The van der Waals surface area contributed by atoms with Crippen molar-refractivity contribution in [2.24, 2.45) is 0 Å². The maximum atomic E-state index is 13.3. The number of pyridine rings is 1.